The fourth-order valence-electron chi connectivity index (χ4n) is 5.27. The van der Waals surface area contributed by atoms with Gasteiger partial charge in [0, 0.05) is 0 Å². The Kier molecular flexibility index (Phi) is 15.8. The lowest BCUT2D eigenvalue weighted by molar-refractivity contribution is 0.461. The van der Waals surface area contributed by atoms with Crippen molar-refractivity contribution in [3.8, 4) is 0 Å². The van der Waals surface area contributed by atoms with Gasteiger partial charge in [-0.05, 0) is 72.4 Å². The topological polar surface area (TPSA) is 57.2 Å². The number of rotatable bonds is 16. The Morgan fingerprint density at radius 2 is 1.00 bits per heavy atom. The fourth-order valence-corrected chi connectivity index (χ4v) is 8.09. The predicted octanol–water partition coefficient (Wildman–Crippen LogP) is 11.0. The molecule has 0 N–H and O–H groups in total. The summed E-state index contributed by atoms with van der Waals surface area (Å²) in [4.78, 5) is 4.06. The van der Waals surface area contributed by atoms with E-state index in [1.165, 1.54) is 77.7 Å². The quantitative estimate of drug-likeness (QED) is 0.0703. The van der Waals surface area contributed by atoms with Gasteiger partial charge in [-0.1, -0.05) is 145 Å². The largest absolute Gasteiger partial charge is 0.744 e. The molecular formula is C39H50O3S2. The van der Waals surface area contributed by atoms with Crippen LogP contribution in [0.25, 0.3) is 0 Å². The summed E-state index contributed by atoms with van der Waals surface area (Å²) < 4.78 is 33.5. The minimum absolute atomic E-state index is 0.0361. The molecule has 0 bridgehead atoms. The normalized spacial score (nSPS) is 11.4. The first-order chi connectivity index (χ1) is 21.3. The zero-order valence-electron chi connectivity index (χ0n) is 26.8. The molecule has 0 fully saturated rings. The summed E-state index contributed by atoms with van der Waals surface area (Å²) >= 11 is 0. The molecule has 0 saturated carbocycles. The smallest absolute Gasteiger partial charge is 0.166 e. The third-order valence-corrected chi connectivity index (χ3v) is 10.9. The van der Waals surface area contributed by atoms with Crippen LogP contribution in [0.2, 0.25) is 0 Å². The Labute approximate surface area is 270 Å². The van der Waals surface area contributed by atoms with Gasteiger partial charge in [0.15, 0.2) is 14.7 Å². The molecule has 0 aromatic heterocycles. The van der Waals surface area contributed by atoms with Gasteiger partial charge < -0.3 is 4.55 Å². The van der Waals surface area contributed by atoms with Crippen LogP contribution in [0.3, 0.4) is 0 Å². The van der Waals surface area contributed by atoms with Gasteiger partial charge in [0.05, 0.1) is 15.8 Å². The lowest BCUT2D eigenvalue weighted by Gasteiger charge is -2.12. The lowest BCUT2D eigenvalue weighted by Crippen LogP contribution is -2.04. The van der Waals surface area contributed by atoms with Crippen molar-refractivity contribution in [3.63, 3.8) is 0 Å². The molecule has 4 aromatic rings. The Morgan fingerprint density at radius 3 is 1.48 bits per heavy atom. The summed E-state index contributed by atoms with van der Waals surface area (Å²) in [6.07, 6.45) is 13.2. The molecule has 0 spiro atoms. The second-order valence-corrected chi connectivity index (χ2v) is 15.0. The van der Waals surface area contributed by atoms with E-state index in [4.69, 9.17) is 0 Å². The molecule has 0 unspecified atom stereocenters. The molecular weight excluding hydrogens is 581 g/mol. The molecule has 4 rings (SSSR count). The van der Waals surface area contributed by atoms with Gasteiger partial charge in [0.1, 0.15) is 10.1 Å². The Balaban J connectivity index is 0.000000240. The summed E-state index contributed by atoms with van der Waals surface area (Å²) in [5.74, 6) is 0.573. The average molecular weight is 631 g/mol. The van der Waals surface area contributed by atoms with Crippen LogP contribution in [0.15, 0.2) is 129 Å². The molecule has 3 nitrogen and oxygen atoms in total. The molecule has 0 radical (unpaired) electrons. The van der Waals surface area contributed by atoms with Gasteiger partial charge in [-0.15, -0.1) is 0 Å². The molecule has 0 aliphatic heterocycles. The minimum Gasteiger partial charge on any atom is -0.744 e. The minimum atomic E-state index is -4.35. The van der Waals surface area contributed by atoms with E-state index in [1.54, 1.807) is 18.2 Å². The van der Waals surface area contributed by atoms with Gasteiger partial charge in [0.25, 0.3) is 0 Å². The van der Waals surface area contributed by atoms with Crippen LogP contribution in [-0.4, -0.2) is 13.0 Å². The standard InChI is InChI=1S/C21H21S.C18H30O3S/c1-17(2)18-13-15-21(16-14-18)22(19-9-5-3-6-10-19)20-11-7-4-8-12-20;1-2-3-4-5-6-7-8-9-10-11-14-17-15-12-13-16-18(17)22(19,20)21/h3-17H,1-2H3;12-13,15-16H,2-11,14H2,1H3,(H,19,20,21)/q+1;/p-1. The zero-order valence-corrected chi connectivity index (χ0v) is 28.4. The maximum Gasteiger partial charge on any atom is 0.166 e. The summed E-state index contributed by atoms with van der Waals surface area (Å²) in [7, 11) is -4.38. The van der Waals surface area contributed by atoms with Crippen LogP contribution in [0, 0.1) is 0 Å². The second kappa shape index (κ2) is 19.5. The highest BCUT2D eigenvalue weighted by molar-refractivity contribution is 7.97. The van der Waals surface area contributed by atoms with Gasteiger partial charge >= 0.3 is 0 Å². The van der Waals surface area contributed by atoms with E-state index in [9.17, 15) is 13.0 Å². The molecule has 236 valence electrons. The van der Waals surface area contributed by atoms with E-state index < -0.39 is 10.1 Å². The fraction of sp³-hybridized carbons (Fsp3) is 0.385. The first-order valence-corrected chi connectivity index (χ1v) is 18.9. The van der Waals surface area contributed by atoms with E-state index in [0.717, 1.165) is 12.8 Å². The Morgan fingerprint density at radius 1 is 0.568 bits per heavy atom. The molecule has 4 aromatic carbocycles. The van der Waals surface area contributed by atoms with Crippen molar-refractivity contribution in [2.75, 3.05) is 0 Å². The van der Waals surface area contributed by atoms with Gasteiger partial charge in [-0.2, -0.15) is 0 Å². The van der Waals surface area contributed by atoms with Gasteiger partial charge in [0.2, 0.25) is 0 Å². The van der Waals surface area contributed by atoms with Crippen LogP contribution >= 0.6 is 0 Å². The second-order valence-electron chi connectivity index (χ2n) is 11.6. The Hall–Kier alpha value is -2.86. The third-order valence-electron chi connectivity index (χ3n) is 7.78. The first kappa shape index (κ1) is 35.6. The van der Waals surface area contributed by atoms with Crippen molar-refractivity contribution in [1.82, 2.24) is 0 Å². The highest BCUT2D eigenvalue weighted by Gasteiger charge is 2.28. The summed E-state index contributed by atoms with van der Waals surface area (Å²) in [6.45, 7) is 6.71. The predicted molar refractivity (Wildman–Crippen MR) is 186 cm³/mol. The van der Waals surface area contributed by atoms with E-state index in [1.807, 2.05) is 0 Å². The van der Waals surface area contributed by atoms with Crippen LogP contribution in [0.1, 0.15) is 102 Å². The van der Waals surface area contributed by atoms with Crippen LogP contribution in [0.4, 0.5) is 0 Å². The molecule has 5 heteroatoms. The van der Waals surface area contributed by atoms with Crippen molar-refractivity contribution in [3.05, 3.63) is 120 Å². The van der Waals surface area contributed by atoms with Crippen LogP contribution in [0.5, 0.6) is 0 Å². The van der Waals surface area contributed by atoms with Crippen molar-refractivity contribution in [2.24, 2.45) is 0 Å². The number of unbranched alkanes of at least 4 members (excludes halogenated alkanes) is 9. The molecule has 0 aliphatic carbocycles. The van der Waals surface area contributed by atoms with Crippen LogP contribution < -0.4 is 0 Å². The van der Waals surface area contributed by atoms with Crippen molar-refractivity contribution in [2.45, 2.75) is 117 Å². The molecule has 44 heavy (non-hydrogen) atoms. The number of benzene rings is 4. The summed E-state index contributed by atoms with van der Waals surface area (Å²) in [5.41, 5.74) is 2.06. The van der Waals surface area contributed by atoms with E-state index in [-0.39, 0.29) is 15.8 Å². The monoisotopic (exact) mass is 630 g/mol. The lowest BCUT2D eigenvalue weighted by atomic mass is 10.0. The molecule has 0 saturated heterocycles. The summed E-state index contributed by atoms with van der Waals surface area (Å²) in [6, 6.07) is 37.3. The first-order valence-electron chi connectivity index (χ1n) is 16.3. The van der Waals surface area contributed by atoms with Crippen molar-refractivity contribution in [1.29, 1.82) is 0 Å². The number of hydrogen-bond donors (Lipinski definition) is 0. The molecule has 0 aliphatic rings. The Bertz CT molecular complexity index is 1390. The average Bonchev–Trinajstić information content (AvgIpc) is 3.03. The van der Waals surface area contributed by atoms with Crippen molar-refractivity contribution < 1.29 is 13.0 Å². The third kappa shape index (κ3) is 12.3. The van der Waals surface area contributed by atoms with Gasteiger partial charge in [-0.3, -0.25) is 0 Å². The van der Waals surface area contributed by atoms with Crippen molar-refractivity contribution >= 4 is 21.0 Å². The highest BCUT2D eigenvalue weighted by Crippen LogP contribution is 2.31. The maximum absolute atomic E-state index is 11.2. The highest BCUT2D eigenvalue weighted by atomic mass is 32.2. The molecule has 0 heterocycles. The SMILES string of the molecule is CC(C)c1ccc([S+](c2ccccc2)c2ccccc2)cc1.CCCCCCCCCCCCc1ccccc1S(=O)(=O)[O-]. The molecule has 0 atom stereocenters. The number of aryl methyl sites for hydroxylation is 1. The van der Waals surface area contributed by atoms with E-state index in [0.29, 0.717) is 17.9 Å². The van der Waals surface area contributed by atoms with E-state index >= 15 is 0 Å². The maximum atomic E-state index is 11.2. The zero-order chi connectivity index (χ0) is 31.6. The summed E-state index contributed by atoms with van der Waals surface area (Å²) in [5, 5.41) is 0. The van der Waals surface area contributed by atoms with E-state index in [2.05, 4.69) is 106 Å². The van der Waals surface area contributed by atoms with Crippen LogP contribution in [-0.2, 0) is 27.4 Å². The molecule has 0 amide bonds. The van der Waals surface area contributed by atoms with Gasteiger partial charge in [-0.25, -0.2) is 8.42 Å². The number of hydrogen-bond acceptors (Lipinski definition) is 3.